The molecule has 0 unspecified atom stereocenters. The Kier molecular flexibility index (Phi) is 7.37. The van der Waals surface area contributed by atoms with Crippen molar-refractivity contribution in [1.29, 1.82) is 0 Å². The third-order valence-electron chi connectivity index (χ3n) is 5.77. The highest BCUT2D eigenvalue weighted by Crippen LogP contribution is 2.38. The fraction of sp³-hybridized carbons (Fsp3) is 0.375. The molecular formula is C24H27ClN4O2S. The summed E-state index contributed by atoms with van der Waals surface area (Å²) in [7, 11) is 3.46. The Balaban J connectivity index is 1.49. The number of hydrogen-bond donors (Lipinski definition) is 0. The molecule has 8 heteroatoms. The summed E-state index contributed by atoms with van der Waals surface area (Å²) < 4.78 is 7.47. The number of carbonyl (C=O) groups is 1. The van der Waals surface area contributed by atoms with Gasteiger partial charge in [-0.2, -0.15) is 0 Å². The van der Waals surface area contributed by atoms with E-state index in [1.54, 1.807) is 12.0 Å². The first kappa shape index (κ1) is 22.7. The number of thioether (sulfide) groups is 1. The minimum atomic E-state index is 0.0399. The average Bonchev–Trinajstić information content (AvgIpc) is 3.47. The Labute approximate surface area is 197 Å². The van der Waals surface area contributed by atoms with Crippen LogP contribution in [0, 0.1) is 0 Å². The second-order valence-electron chi connectivity index (χ2n) is 7.98. The molecule has 0 bridgehead atoms. The molecule has 1 heterocycles. The maximum Gasteiger partial charge on any atom is 0.233 e. The largest absolute Gasteiger partial charge is 0.497 e. The number of aromatic nitrogens is 3. The van der Waals surface area contributed by atoms with E-state index in [1.165, 1.54) is 24.6 Å². The van der Waals surface area contributed by atoms with Crippen LogP contribution in [0.4, 0.5) is 0 Å². The molecule has 1 amide bonds. The summed E-state index contributed by atoms with van der Waals surface area (Å²) in [6.07, 6.45) is 4.56. The fourth-order valence-corrected chi connectivity index (χ4v) is 5.23. The average molecular weight is 471 g/mol. The maximum atomic E-state index is 12.8. The van der Waals surface area contributed by atoms with Crippen LogP contribution < -0.4 is 4.74 Å². The van der Waals surface area contributed by atoms with Crippen molar-refractivity contribution in [2.75, 3.05) is 19.9 Å². The SMILES string of the molecule is COc1cccc(CN(C)C(=O)CSc2nnc(-c3ccccc3Cl)n2C2CCCC2)c1. The number of amides is 1. The Bertz CT molecular complexity index is 1080. The molecule has 0 saturated heterocycles. The van der Waals surface area contributed by atoms with Gasteiger partial charge in [0.25, 0.3) is 0 Å². The predicted molar refractivity (Wildman–Crippen MR) is 128 cm³/mol. The van der Waals surface area contributed by atoms with E-state index in [-0.39, 0.29) is 5.91 Å². The molecule has 0 radical (unpaired) electrons. The van der Waals surface area contributed by atoms with Gasteiger partial charge in [0.2, 0.25) is 5.91 Å². The number of rotatable bonds is 8. The third kappa shape index (κ3) is 5.10. The molecule has 2 aromatic carbocycles. The number of hydrogen-bond acceptors (Lipinski definition) is 5. The molecule has 0 N–H and O–H groups in total. The van der Waals surface area contributed by atoms with Crippen molar-refractivity contribution in [3.8, 4) is 17.1 Å². The molecule has 1 aromatic heterocycles. The van der Waals surface area contributed by atoms with Crippen LogP contribution in [0.15, 0.2) is 53.7 Å². The van der Waals surface area contributed by atoms with E-state index >= 15 is 0 Å². The highest BCUT2D eigenvalue weighted by Gasteiger charge is 2.26. The summed E-state index contributed by atoms with van der Waals surface area (Å²) in [5.41, 5.74) is 1.90. The first-order valence-electron chi connectivity index (χ1n) is 10.8. The molecule has 1 aliphatic carbocycles. The number of carbonyl (C=O) groups excluding carboxylic acids is 1. The summed E-state index contributed by atoms with van der Waals surface area (Å²) in [5.74, 6) is 1.91. The van der Waals surface area contributed by atoms with Gasteiger partial charge in [0.1, 0.15) is 5.75 Å². The summed E-state index contributed by atoms with van der Waals surface area (Å²) in [4.78, 5) is 14.6. The van der Waals surface area contributed by atoms with Gasteiger partial charge in [-0.05, 0) is 42.7 Å². The fourth-order valence-electron chi connectivity index (χ4n) is 4.06. The van der Waals surface area contributed by atoms with E-state index in [2.05, 4.69) is 14.8 Å². The van der Waals surface area contributed by atoms with Gasteiger partial charge in [0.15, 0.2) is 11.0 Å². The van der Waals surface area contributed by atoms with Gasteiger partial charge in [-0.3, -0.25) is 9.36 Å². The van der Waals surface area contributed by atoms with Crippen LogP contribution in [0.2, 0.25) is 5.02 Å². The second-order valence-corrected chi connectivity index (χ2v) is 9.33. The highest BCUT2D eigenvalue weighted by molar-refractivity contribution is 7.99. The van der Waals surface area contributed by atoms with Gasteiger partial charge >= 0.3 is 0 Å². The van der Waals surface area contributed by atoms with Crippen LogP contribution >= 0.6 is 23.4 Å². The number of halogens is 1. The number of methoxy groups -OCH3 is 1. The minimum absolute atomic E-state index is 0.0399. The van der Waals surface area contributed by atoms with E-state index < -0.39 is 0 Å². The Morgan fingerprint density at radius 1 is 1.19 bits per heavy atom. The van der Waals surface area contributed by atoms with E-state index in [4.69, 9.17) is 16.3 Å². The van der Waals surface area contributed by atoms with Crippen LogP contribution in [0.1, 0.15) is 37.3 Å². The summed E-state index contributed by atoms with van der Waals surface area (Å²) in [5, 5.41) is 10.3. The molecule has 0 aliphatic heterocycles. The molecule has 1 aliphatic rings. The zero-order chi connectivity index (χ0) is 22.5. The molecule has 4 rings (SSSR count). The van der Waals surface area contributed by atoms with E-state index in [0.29, 0.717) is 23.4 Å². The van der Waals surface area contributed by atoms with Crippen LogP contribution in [-0.2, 0) is 11.3 Å². The van der Waals surface area contributed by atoms with Crippen molar-refractivity contribution in [2.24, 2.45) is 0 Å². The molecule has 168 valence electrons. The van der Waals surface area contributed by atoms with Gasteiger partial charge in [0, 0.05) is 25.2 Å². The van der Waals surface area contributed by atoms with Gasteiger partial charge in [-0.1, -0.05) is 60.5 Å². The number of benzene rings is 2. The number of ether oxygens (including phenoxy) is 1. The zero-order valence-electron chi connectivity index (χ0n) is 18.3. The van der Waals surface area contributed by atoms with Crippen molar-refractivity contribution in [3.05, 3.63) is 59.1 Å². The molecule has 0 atom stereocenters. The van der Waals surface area contributed by atoms with Crippen LogP contribution in [0.25, 0.3) is 11.4 Å². The Morgan fingerprint density at radius 3 is 2.72 bits per heavy atom. The normalized spacial score (nSPS) is 14.0. The van der Waals surface area contributed by atoms with Gasteiger partial charge in [-0.25, -0.2) is 0 Å². The smallest absolute Gasteiger partial charge is 0.233 e. The van der Waals surface area contributed by atoms with E-state index in [9.17, 15) is 4.79 Å². The van der Waals surface area contributed by atoms with E-state index in [1.807, 2.05) is 55.6 Å². The summed E-state index contributed by atoms with van der Waals surface area (Å²) in [6.45, 7) is 0.525. The van der Waals surface area contributed by atoms with Crippen LogP contribution in [0.3, 0.4) is 0 Å². The van der Waals surface area contributed by atoms with Crippen molar-refractivity contribution < 1.29 is 9.53 Å². The lowest BCUT2D eigenvalue weighted by atomic mass is 10.2. The lowest BCUT2D eigenvalue weighted by Crippen LogP contribution is -2.28. The second kappa shape index (κ2) is 10.4. The third-order valence-corrected chi connectivity index (χ3v) is 7.03. The van der Waals surface area contributed by atoms with Crippen molar-refractivity contribution in [2.45, 2.75) is 43.4 Å². The Hall–Kier alpha value is -2.51. The van der Waals surface area contributed by atoms with Crippen LogP contribution in [0.5, 0.6) is 5.75 Å². The van der Waals surface area contributed by atoms with E-state index in [0.717, 1.165) is 40.7 Å². The lowest BCUT2D eigenvalue weighted by Gasteiger charge is -2.19. The first-order chi connectivity index (χ1) is 15.6. The molecule has 1 saturated carbocycles. The molecule has 32 heavy (non-hydrogen) atoms. The van der Waals surface area contributed by atoms with Crippen LogP contribution in [-0.4, -0.2) is 45.5 Å². The summed E-state index contributed by atoms with van der Waals surface area (Å²) >= 11 is 7.90. The molecule has 1 fully saturated rings. The monoisotopic (exact) mass is 470 g/mol. The van der Waals surface area contributed by atoms with Crippen molar-refractivity contribution in [1.82, 2.24) is 19.7 Å². The van der Waals surface area contributed by atoms with Gasteiger partial charge in [-0.15, -0.1) is 10.2 Å². The topological polar surface area (TPSA) is 60.2 Å². The van der Waals surface area contributed by atoms with Gasteiger partial charge < -0.3 is 9.64 Å². The van der Waals surface area contributed by atoms with Gasteiger partial charge in [0.05, 0.1) is 17.9 Å². The van der Waals surface area contributed by atoms with Crippen molar-refractivity contribution in [3.63, 3.8) is 0 Å². The van der Waals surface area contributed by atoms with Crippen molar-refractivity contribution >= 4 is 29.3 Å². The molecule has 0 spiro atoms. The first-order valence-corrected chi connectivity index (χ1v) is 12.1. The zero-order valence-corrected chi connectivity index (χ0v) is 19.9. The summed E-state index contributed by atoms with van der Waals surface area (Å²) in [6, 6.07) is 15.8. The maximum absolute atomic E-state index is 12.8. The standard InChI is InChI=1S/C24H27ClN4O2S/c1-28(15-17-8-7-11-19(14-17)31-2)22(30)16-32-24-27-26-23(20-12-5-6-13-21(20)25)29(24)18-9-3-4-10-18/h5-8,11-14,18H,3-4,9-10,15-16H2,1-2H3. The quantitative estimate of drug-likeness (QED) is 0.408. The molecular weight excluding hydrogens is 444 g/mol. The highest BCUT2D eigenvalue weighted by atomic mass is 35.5. The lowest BCUT2D eigenvalue weighted by molar-refractivity contribution is -0.127. The molecule has 3 aromatic rings. The minimum Gasteiger partial charge on any atom is -0.497 e. The number of nitrogens with zero attached hydrogens (tertiary/aromatic N) is 4. The Morgan fingerprint density at radius 2 is 1.97 bits per heavy atom. The predicted octanol–water partition coefficient (Wildman–Crippen LogP) is 5.47. The molecule has 6 nitrogen and oxygen atoms in total.